The van der Waals surface area contributed by atoms with Gasteiger partial charge in [-0.05, 0) is 12.8 Å². The minimum atomic E-state index is -3.38. The van der Waals surface area contributed by atoms with E-state index in [0.29, 0.717) is 12.8 Å². The molecule has 0 N–H and O–H groups in total. The van der Waals surface area contributed by atoms with Crippen LogP contribution in [0.4, 0.5) is 0 Å². The van der Waals surface area contributed by atoms with Crippen LogP contribution in [0.15, 0.2) is 0 Å². The molecule has 0 aliphatic heterocycles. The molecule has 0 aromatic carbocycles. The zero-order valence-electron chi connectivity index (χ0n) is 8.57. The molecule has 0 fully saturated rings. The summed E-state index contributed by atoms with van der Waals surface area (Å²) < 4.78 is 22.9. The van der Waals surface area contributed by atoms with Gasteiger partial charge in [0, 0.05) is 13.0 Å². The quantitative estimate of drug-likeness (QED) is 0.686. The van der Waals surface area contributed by atoms with E-state index in [0.717, 1.165) is 10.6 Å². The van der Waals surface area contributed by atoms with Crippen molar-refractivity contribution in [1.29, 1.82) is 0 Å². The predicted octanol–water partition coefficient (Wildman–Crippen LogP) is 0.841. The Hall–Kier alpha value is -0.580. The lowest BCUT2D eigenvalue weighted by atomic mass is 10.0. The summed E-state index contributed by atoms with van der Waals surface area (Å²) in [5.74, 6) is -0.493. The number of rotatable bonds is 4. The Balaban J connectivity index is 4.60. The topological polar surface area (TPSA) is 54.5 Å². The van der Waals surface area contributed by atoms with Gasteiger partial charge in [-0.1, -0.05) is 13.8 Å². The molecule has 0 aromatic heterocycles. The number of hydrogen-bond donors (Lipinski definition) is 0. The average molecular weight is 207 g/mol. The maximum atomic E-state index is 11.5. The third-order valence-electron chi connectivity index (χ3n) is 2.14. The summed E-state index contributed by atoms with van der Waals surface area (Å²) in [4.78, 5) is 11.5. The van der Waals surface area contributed by atoms with Crippen LogP contribution in [0.5, 0.6) is 0 Å². The molecule has 0 atom stereocenters. The molecule has 0 rings (SSSR count). The second-order valence-corrected chi connectivity index (χ2v) is 5.10. The van der Waals surface area contributed by atoms with Crippen LogP contribution < -0.4 is 0 Å². The average Bonchev–Trinajstić information content (AvgIpc) is 2.03. The summed E-state index contributed by atoms with van der Waals surface area (Å²) >= 11 is 0. The number of nitrogens with zero attached hydrogens (tertiary/aromatic N) is 1. The van der Waals surface area contributed by atoms with Crippen LogP contribution in [-0.2, 0) is 14.8 Å². The first-order valence-corrected chi connectivity index (χ1v) is 6.17. The first-order valence-electron chi connectivity index (χ1n) is 4.32. The minimum absolute atomic E-state index is 0.181. The summed E-state index contributed by atoms with van der Waals surface area (Å²) in [6, 6.07) is 0. The van der Waals surface area contributed by atoms with E-state index in [4.69, 9.17) is 0 Å². The van der Waals surface area contributed by atoms with E-state index in [-0.39, 0.29) is 11.8 Å². The van der Waals surface area contributed by atoms with Crippen molar-refractivity contribution in [3.05, 3.63) is 0 Å². The van der Waals surface area contributed by atoms with Crippen molar-refractivity contribution in [2.24, 2.45) is 5.92 Å². The second-order valence-electron chi connectivity index (χ2n) is 3.08. The largest absolute Gasteiger partial charge is 0.274 e. The summed E-state index contributed by atoms with van der Waals surface area (Å²) in [6.45, 7) is 3.75. The lowest BCUT2D eigenvalue weighted by Crippen LogP contribution is -2.36. The normalized spacial score (nSPS) is 11.8. The van der Waals surface area contributed by atoms with E-state index >= 15 is 0 Å². The van der Waals surface area contributed by atoms with E-state index in [2.05, 4.69) is 0 Å². The molecular weight excluding hydrogens is 190 g/mol. The van der Waals surface area contributed by atoms with Crippen molar-refractivity contribution >= 4 is 15.9 Å². The second kappa shape index (κ2) is 4.60. The van der Waals surface area contributed by atoms with Crippen LogP contribution in [0.1, 0.15) is 26.7 Å². The lowest BCUT2D eigenvalue weighted by molar-refractivity contribution is -0.129. The Labute approximate surface area is 80.0 Å². The Morgan fingerprint density at radius 1 is 1.31 bits per heavy atom. The SMILES string of the molecule is CCC(CC)C(=O)N(C)S(C)(=O)=O. The zero-order valence-corrected chi connectivity index (χ0v) is 9.39. The molecule has 5 heteroatoms. The number of hydrogen-bond acceptors (Lipinski definition) is 3. The Morgan fingerprint density at radius 2 is 1.69 bits per heavy atom. The van der Waals surface area contributed by atoms with Crippen molar-refractivity contribution in [2.75, 3.05) is 13.3 Å². The van der Waals surface area contributed by atoms with Crippen molar-refractivity contribution in [1.82, 2.24) is 4.31 Å². The van der Waals surface area contributed by atoms with E-state index in [1.54, 1.807) is 0 Å². The van der Waals surface area contributed by atoms with E-state index in [9.17, 15) is 13.2 Å². The van der Waals surface area contributed by atoms with Gasteiger partial charge in [0.25, 0.3) is 0 Å². The highest BCUT2D eigenvalue weighted by atomic mass is 32.2. The van der Waals surface area contributed by atoms with Gasteiger partial charge in [0.15, 0.2) is 0 Å². The van der Waals surface area contributed by atoms with Gasteiger partial charge >= 0.3 is 0 Å². The molecule has 0 radical (unpaired) electrons. The third-order valence-corrected chi connectivity index (χ3v) is 3.32. The fraction of sp³-hybridized carbons (Fsp3) is 0.875. The highest BCUT2D eigenvalue weighted by Crippen LogP contribution is 2.12. The maximum absolute atomic E-state index is 11.5. The molecule has 4 nitrogen and oxygen atoms in total. The first-order chi connectivity index (χ1) is 5.84. The number of sulfonamides is 1. The van der Waals surface area contributed by atoms with Crippen LogP contribution in [0.3, 0.4) is 0 Å². The van der Waals surface area contributed by atoms with Gasteiger partial charge < -0.3 is 0 Å². The van der Waals surface area contributed by atoms with Crippen LogP contribution in [0.25, 0.3) is 0 Å². The molecule has 0 unspecified atom stereocenters. The van der Waals surface area contributed by atoms with Gasteiger partial charge in [-0.3, -0.25) is 4.79 Å². The smallest absolute Gasteiger partial charge is 0.238 e. The van der Waals surface area contributed by atoms with Gasteiger partial charge in [0.05, 0.1) is 6.26 Å². The van der Waals surface area contributed by atoms with Crippen LogP contribution in [0.2, 0.25) is 0 Å². The van der Waals surface area contributed by atoms with Crippen molar-refractivity contribution in [3.63, 3.8) is 0 Å². The fourth-order valence-electron chi connectivity index (χ4n) is 1.06. The lowest BCUT2D eigenvalue weighted by Gasteiger charge is -2.19. The summed E-state index contributed by atoms with van der Waals surface area (Å²) in [5.41, 5.74) is 0. The molecule has 0 aliphatic rings. The Kier molecular flexibility index (Phi) is 4.39. The Morgan fingerprint density at radius 3 is 1.92 bits per heavy atom. The van der Waals surface area contributed by atoms with E-state index in [1.165, 1.54) is 7.05 Å². The van der Waals surface area contributed by atoms with E-state index < -0.39 is 10.0 Å². The van der Waals surface area contributed by atoms with Gasteiger partial charge in [0.2, 0.25) is 15.9 Å². The molecule has 1 amide bonds. The molecular formula is C8H17NO3S. The molecule has 78 valence electrons. The third kappa shape index (κ3) is 3.34. The molecule has 0 heterocycles. The molecule has 0 bridgehead atoms. The van der Waals surface area contributed by atoms with Gasteiger partial charge in [-0.2, -0.15) is 0 Å². The van der Waals surface area contributed by atoms with Crippen molar-refractivity contribution < 1.29 is 13.2 Å². The highest BCUT2D eigenvalue weighted by molar-refractivity contribution is 7.88. The van der Waals surface area contributed by atoms with Gasteiger partial charge in [0.1, 0.15) is 0 Å². The van der Waals surface area contributed by atoms with Crippen molar-refractivity contribution in [3.8, 4) is 0 Å². The standard InChI is InChI=1S/C8H17NO3S/c1-5-7(6-2)8(10)9(3)13(4,11)12/h7H,5-6H2,1-4H3. The number of carbonyl (C=O) groups excluding carboxylic acids is 1. The van der Waals surface area contributed by atoms with Crippen LogP contribution in [-0.4, -0.2) is 31.9 Å². The molecule has 13 heavy (non-hydrogen) atoms. The zero-order chi connectivity index (χ0) is 10.6. The first kappa shape index (κ1) is 12.4. The number of amides is 1. The van der Waals surface area contributed by atoms with Gasteiger partial charge in [-0.15, -0.1) is 0 Å². The van der Waals surface area contributed by atoms with Crippen LogP contribution in [0, 0.1) is 5.92 Å². The minimum Gasteiger partial charge on any atom is -0.274 e. The highest BCUT2D eigenvalue weighted by Gasteiger charge is 2.24. The maximum Gasteiger partial charge on any atom is 0.238 e. The number of carbonyl (C=O) groups is 1. The van der Waals surface area contributed by atoms with Gasteiger partial charge in [-0.25, -0.2) is 12.7 Å². The fourth-order valence-corrected chi connectivity index (χ4v) is 1.53. The predicted molar refractivity (Wildman–Crippen MR) is 51.7 cm³/mol. The monoisotopic (exact) mass is 207 g/mol. The summed E-state index contributed by atoms with van der Waals surface area (Å²) in [5, 5.41) is 0. The molecule has 0 saturated heterocycles. The van der Waals surface area contributed by atoms with Crippen molar-refractivity contribution in [2.45, 2.75) is 26.7 Å². The molecule has 0 aliphatic carbocycles. The van der Waals surface area contributed by atoms with Crippen LogP contribution >= 0.6 is 0 Å². The Bertz CT molecular complexity index is 267. The summed E-state index contributed by atoms with van der Waals surface area (Å²) in [7, 11) is -2.08. The van der Waals surface area contributed by atoms with E-state index in [1.807, 2.05) is 13.8 Å². The molecule has 0 saturated carbocycles. The summed E-state index contributed by atoms with van der Waals surface area (Å²) in [6.07, 6.45) is 2.39. The molecule has 0 aromatic rings. The molecule has 0 spiro atoms.